The average Bonchev–Trinajstić information content (AvgIpc) is 2.52. The molecule has 17 heavy (non-hydrogen) atoms. The Morgan fingerprint density at radius 2 is 1.76 bits per heavy atom. The van der Waals surface area contributed by atoms with Gasteiger partial charge in [0.1, 0.15) is 0 Å². The van der Waals surface area contributed by atoms with Gasteiger partial charge in [0, 0.05) is 17.8 Å². The first kappa shape index (κ1) is 12.6. The molecule has 0 bridgehead atoms. The molecule has 2 rings (SSSR count). The predicted molar refractivity (Wildman–Crippen MR) is 70.8 cm³/mol. The van der Waals surface area contributed by atoms with E-state index in [1.54, 1.807) is 0 Å². The third-order valence-electron chi connectivity index (χ3n) is 4.18. The molecular formula is C14H25N3. The van der Waals surface area contributed by atoms with E-state index in [1.807, 2.05) is 0 Å². The molecule has 0 radical (unpaired) electrons. The van der Waals surface area contributed by atoms with Gasteiger partial charge in [-0.2, -0.15) is 5.10 Å². The van der Waals surface area contributed by atoms with Gasteiger partial charge in [0.05, 0.1) is 11.7 Å². The van der Waals surface area contributed by atoms with Crippen LogP contribution in [-0.2, 0) is 6.54 Å². The molecule has 1 aliphatic rings. The van der Waals surface area contributed by atoms with Crippen LogP contribution in [0.2, 0.25) is 0 Å². The fourth-order valence-electron chi connectivity index (χ4n) is 3.45. The maximum Gasteiger partial charge on any atom is 0.0641 e. The second-order valence-electron chi connectivity index (χ2n) is 5.87. The van der Waals surface area contributed by atoms with Crippen molar-refractivity contribution in [2.45, 2.75) is 59.5 Å². The third kappa shape index (κ3) is 2.39. The van der Waals surface area contributed by atoms with Crippen LogP contribution >= 0.6 is 0 Å². The third-order valence-corrected chi connectivity index (χ3v) is 4.18. The molecule has 1 aromatic rings. The van der Waals surface area contributed by atoms with Crippen LogP contribution in [0.5, 0.6) is 0 Å². The quantitative estimate of drug-likeness (QED) is 0.856. The standard InChI is InChI=1S/C14H25N3/c1-9-5-10(2)7-13(6-9)17-12(4)14(8-15)11(3)16-17/h9-10,13H,5-8,15H2,1-4H3. The molecule has 0 spiro atoms. The molecule has 0 aliphatic heterocycles. The highest BCUT2D eigenvalue weighted by Gasteiger charge is 2.27. The van der Waals surface area contributed by atoms with E-state index >= 15 is 0 Å². The molecule has 2 N–H and O–H groups in total. The molecule has 1 heterocycles. The number of hydrogen-bond acceptors (Lipinski definition) is 2. The van der Waals surface area contributed by atoms with Crippen LogP contribution in [0.15, 0.2) is 0 Å². The summed E-state index contributed by atoms with van der Waals surface area (Å²) in [6, 6.07) is 0.577. The van der Waals surface area contributed by atoms with Gasteiger partial charge in [0.25, 0.3) is 0 Å². The van der Waals surface area contributed by atoms with Crippen molar-refractivity contribution in [1.29, 1.82) is 0 Å². The second-order valence-corrected chi connectivity index (χ2v) is 5.87. The van der Waals surface area contributed by atoms with E-state index in [-0.39, 0.29) is 0 Å². The lowest BCUT2D eigenvalue weighted by molar-refractivity contribution is 0.207. The summed E-state index contributed by atoms with van der Waals surface area (Å²) in [6.45, 7) is 9.55. The number of aryl methyl sites for hydroxylation is 1. The highest BCUT2D eigenvalue weighted by atomic mass is 15.3. The Balaban J connectivity index is 2.27. The monoisotopic (exact) mass is 235 g/mol. The number of aromatic nitrogens is 2. The zero-order valence-corrected chi connectivity index (χ0v) is 11.5. The van der Waals surface area contributed by atoms with Gasteiger partial charge in [-0.05, 0) is 44.9 Å². The Hall–Kier alpha value is -0.830. The molecule has 2 unspecified atom stereocenters. The predicted octanol–water partition coefficient (Wildman–Crippen LogP) is 2.96. The lowest BCUT2D eigenvalue weighted by Gasteiger charge is -2.32. The van der Waals surface area contributed by atoms with Crippen LogP contribution in [0, 0.1) is 25.7 Å². The smallest absolute Gasteiger partial charge is 0.0641 e. The van der Waals surface area contributed by atoms with Crippen LogP contribution < -0.4 is 5.73 Å². The molecule has 3 nitrogen and oxygen atoms in total. The van der Waals surface area contributed by atoms with Gasteiger partial charge in [-0.1, -0.05) is 13.8 Å². The molecule has 2 atom stereocenters. The largest absolute Gasteiger partial charge is 0.326 e. The topological polar surface area (TPSA) is 43.8 Å². The normalized spacial score (nSPS) is 29.6. The lowest BCUT2D eigenvalue weighted by atomic mass is 9.80. The minimum atomic E-state index is 0.577. The van der Waals surface area contributed by atoms with E-state index in [2.05, 4.69) is 32.4 Å². The van der Waals surface area contributed by atoms with E-state index in [0.717, 1.165) is 17.5 Å². The molecule has 1 saturated carbocycles. The van der Waals surface area contributed by atoms with Crippen molar-refractivity contribution < 1.29 is 0 Å². The zero-order chi connectivity index (χ0) is 12.6. The lowest BCUT2D eigenvalue weighted by Crippen LogP contribution is -2.24. The summed E-state index contributed by atoms with van der Waals surface area (Å²) >= 11 is 0. The van der Waals surface area contributed by atoms with Crippen LogP contribution in [0.4, 0.5) is 0 Å². The highest BCUT2D eigenvalue weighted by Crippen LogP contribution is 2.36. The Morgan fingerprint density at radius 1 is 1.18 bits per heavy atom. The molecule has 1 aliphatic carbocycles. The number of hydrogen-bond donors (Lipinski definition) is 1. The Bertz CT molecular complexity index is 384. The summed E-state index contributed by atoms with van der Waals surface area (Å²) in [6.07, 6.45) is 3.88. The van der Waals surface area contributed by atoms with Crippen molar-refractivity contribution in [3.05, 3.63) is 17.0 Å². The van der Waals surface area contributed by atoms with Crippen molar-refractivity contribution in [2.24, 2.45) is 17.6 Å². The minimum absolute atomic E-state index is 0.577. The number of rotatable bonds is 2. The van der Waals surface area contributed by atoms with Gasteiger partial charge in [0.15, 0.2) is 0 Å². The van der Waals surface area contributed by atoms with E-state index in [9.17, 15) is 0 Å². The van der Waals surface area contributed by atoms with Gasteiger partial charge in [-0.15, -0.1) is 0 Å². The Kier molecular flexibility index (Phi) is 3.57. The first-order valence-corrected chi connectivity index (χ1v) is 6.77. The fourth-order valence-corrected chi connectivity index (χ4v) is 3.45. The molecule has 96 valence electrons. The van der Waals surface area contributed by atoms with Gasteiger partial charge < -0.3 is 5.73 Å². The molecule has 0 aromatic carbocycles. The summed E-state index contributed by atoms with van der Waals surface area (Å²) in [4.78, 5) is 0. The molecule has 0 saturated heterocycles. The molecular weight excluding hydrogens is 210 g/mol. The number of nitrogens with two attached hydrogens (primary N) is 1. The van der Waals surface area contributed by atoms with Crippen LogP contribution in [0.25, 0.3) is 0 Å². The van der Waals surface area contributed by atoms with Crippen LogP contribution in [0.3, 0.4) is 0 Å². The maximum absolute atomic E-state index is 5.80. The van der Waals surface area contributed by atoms with Crippen LogP contribution in [0.1, 0.15) is 56.1 Å². The second kappa shape index (κ2) is 4.81. The van der Waals surface area contributed by atoms with Crippen LogP contribution in [-0.4, -0.2) is 9.78 Å². The van der Waals surface area contributed by atoms with Crippen molar-refractivity contribution in [3.63, 3.8) is 0 Å². The maximum atomic E-state index is 5.80. The van der Waals surface area contributed by atoms with Gasteiger partial charge in [0.2, 0.25) is 0 Å². The van der Waals surface area contributed by atoms with E-state index in [4.69, 9.17) is 10.8 Å². The summed E-state index contributed by atoms with van der Waals surface area (Å²) in [5.74, 6) is 1.63. The summed E-state index contributed by atoms with van der Waals surface area (Å²) < 4.78 is 2.24. The molecule has 3 heteroatoms. The van der Waals surface area contributed by atoms with Gasteiger partial charge in [-0.3, -0.25) is 4.68 Å². The van der Waals surface area contributed by atoms with Crippen molar-refractivity contribution in [2.75, 3.05) is 0 Å². The van der Waals surface area contributed by atoms with E-state index in [0.29, 0.717) is 12.6 Å². The SMILES string of the molecule is Cc1nn(C2CC(C)CC(C)C2)c(C)c1CN. The Labute approximate surface area is 104 Å². The van der Waals surface area contributed by atoms with Gasteiger partial charge in [-0.25, -0.2) is 0 Å². The molecule has 0 amide bonds. The molecule has 1 fully saturated rings. The summed E-state index contributed by atoms with van der Waals surface area (Å²) in [5.41, 5.74) is 9.41. The highest BCUT2D eigenvalue weighted by molar-refractivity contribution is 5.24. The molecule has 1 aromatic heterocycles. The first-order chi connectivity index (χ1) is 8.02. The number of nitrogens with zero attached hydrogens (tertiary/aromatic N) is 2. The average molecular weight is 235 g/mol. The fraction of sp³-hybridized carbons (Fsp3) is 0.786. The Morgan fingerprint density at radius 3 is 2.24 bits per heavy atom. The van der Waals surface area contributed by atoms with E-state index < -0.39 is 0 Å². The van der Waals surface area contributed by atoms with Crippen molar-refractivity contribution >= 4 is 0 Å². The minimum Gasteiger partial charge on any atom is -0.326 e. The van der Waals surface area contributed by atoms with Crippen molar-refractivity contribution in [3.8, 4) is 0 Å². The summed E-state index contributed by atoms with van der Waals surface area (Å²) in [5, 5.41) is 4.71. The van der Waals surface area contributed by atoms with Crippen molar-refractivity contribution in [1.82, 2.24) is 9.78 Å². The zero-order valence-electron chi connectivity index (χ0n) is 11.5. The summed E-state index contributed by atoms with van der Waals surface area (Å²) in [7, 11) is 0. The van der Waals surface area contributed by atoms with E-state index in [1.165, 1.54) is 30.5 Å². The van der Waals surface area contributed by atoms with Gasteiger partial charge >= 0.3 is 0 Å². The first-order valence-electron chi connectivity index (χ1n) is 6.77.